The molecule has 3 aliphatic heterocycles. The molecule has 3 heterocycles. The molecule has 4 fully saturated rings. The first-order chi connectivity index (χ1) is 9.73. The molecule has 2 spiro atoms. The molecule has 1 atom stereocenters. The van der Waals surface area contributed by atoms with Crippen LogP contribution in [-0.2, 0) is 9.53 Å². The van der Waals surface area contributed by atoms with Crippen molar-refractivity contribution in [2.75, 3.05) is 39.4 Å². The van der Waals surface area contributed by atoms with Crippen molar-refractivity contribution in [3.63, 3.8) is 0 Å². The van der Waals surface area contributed by atoms with E-state index in [0.717, 1.165) is 58.7 Å². The predicted molar refractivity (Wildman–Crippen MR) is 76.3 cm³/mol. The van der Waals surface area contributed by atoms with Crippen LogP contribution in [0.3, 0.4) is 0 Å². The zero-order chi connectivity index (χ0) is 13.6. The summed E-state index contributed by atoms with van der Waals surface area (Å²) in [7, 11) is 0. The Hall–Kier alpha value is -0.610. The van der Waals surface area contributed by atoms with Crippen molar-refractivity contribution in [2.24, 2.45) is 16.7 Å². The molecule has 1 saturated carbocycles. The van der Waals surface area contributed by atoms with E-state index in [9.17, 15) is 4.79 Å². The van der Waals surface area contributed by atoms with Crippen molar-refractivity contribution in [1.29, 1.82) is 0 Å². The van der Waals surface area contributed by atoms with E-state index in [1.807, 2.05) is 0 Å². The van der Waals surface area contributed by atoms with Crippen LogP contribution in [0.5, 0.6) is 0 Å². The molecule has 0 radical (unpaired) electrons. The minimum absolute atomic E-state index is 0.347. The van der Waals surface area contributed by atoms with E-state index in [-0.39, 0.29) is 0 Å². The van der Waals surface area contributed by atoms with Gasteiger partial charge in [-0.25, -0.2) is 0 Å². The lowest BCUT2D eigenvalue weighted by molar-refractivity contribution is -0.133. The fourth-order valence-corrected chi connectivity index (χ4v) is 4.73. The van der Waals surface area contributed by atoms with Gasteiger partial charge in [0.2, 0.25) is 5.91 Å². The molecule has 0 aromatic heterocycles. The van der Waals surface area contributed by atoms with E-state index in [1.165, 1.54) is 19.3 Å². The smallest absolute Gasteiger partial charge is 0.226 e. The molecule has 112 valence electrons. The second-order valence-electron chi connectivity index (χ2n) is 7.49. The molecule has 4 nitrogen and oxygen atoms in total. The third-order valence-corrected chi connectivity index (χ3v) is 6.39. The summed E-state index contributed by atoms with van der Waals surface area (Å²) >= 11 is 0. The average Bonchev–Trinajstić information content (AvgIpc) is 3.01. The molecule has 0 bridgehead atoms. The van der Waals surface area contributed by atoms with Gasteiger partial charge in [0.25, 0.3) is 0 Å². The highest BCUT2D eigenvalue weighted by Gasteiger charge is 2.59. The Balaban J connectivity index is 1.38. The van der Waals surface area contributed by atoms with Gasteiger partial charge in [-0.15, -0.1) is 0 Å². The number of carbonyl (C=O) groups excluding carboxylic acids is 1. The van der Waals surface area contributed by atoms with E-state index in [2.05, 4.69) is 10.2 Å². The Kier molecular flexibility index (Phi) is 3.08. The summed E-state index contributed by atoms with van der Waals surface area (Å²) in [5.41, 5.74) is 0.776. The van der Waals surface area contributed by atoms with E-state index in [4.69, 9.17) is 4.74 Å². The fourth-order valence-electron chi connectivity index (χ4n) is 4.73. The van der Waals surface area contributed by atoms with Crippen LogP contribution in [0.25, 0.3) is 0 Å². The molecule has 4 aliphatic rings. The Labute approximate surface area is 121 Å². The highest BCUT2D eigenvalue weighted by atomic mass is 16.5. The number of nitrogens with one attached hydrogen (secondary N) is 1. The van der Waals surface area contributed by atoms with Gasteiger partial charge in [-0.2, -0.15) is 0 Å². The number of hydrogen-bond donors (Lipinski definition) is 1. The lowest BCUT2D eigenvalue weighted by Crippen LogP contribution is -2.38. The topological polar surface area (TPSA) is 41.6 Å². The highest BCUT2D eigenvalue weighted by molar-refractivity contribution is 5.83. The Morgan fingerprint density at radius 3 is 2.60 bits per heavy atom. The van der Waals surface area contributed by atoms with Crippen LogP contribution in [0.4, 0.5) is 0 Å². The predicted octanol–water partition coefficient (Wildman–Crippen LogP) is 1.41. The summed E-state index contributed by atoms with van der Waals surface area (Å²) < 4.78 is 5.49. The number of nitrogens with zero attached hydrogens (tertiary/aromatic N) is 1. The summed E-state index contributed by atoms with van der Waals surface area (Å²) in [6.45, 7) is 5.97. The third-order valence-electron chi connectivity index (χ3n) is 6.39. The molecule has 1 amide bonds. The number of rotatable bonds is 1. The van der Waals surface area contributed by atoms with E-state index in [1.54, 1.807) is 0 Å². The Morgan fingerprint density at radius 1 is 1.10 bits per heavy atom. The van der Waals surface area contributed by atoms with Crippen molar-refractivity contribution in [3.8, 4) is 0 Å². The summed E-state index contributed by atoms with van der Waals surface area (Å²) in [5, 5.41) is 3.42. The molecular weight excluding hydrogens is 252 g/mol. The van der Waals surface area contributed by atoms with Gasteiger partial charge in [0.05, 0.1) is 0 Å². The summed E-state index contributed by atoms with van der Waals surface area (Å²) in [6, 6.07) is 0. The summed E-state index contributed by atoms with van der Waals surface area (Å²) in [5.74, 6) is 0.815. The van der Waals surface area contributed by atoms with E-state index in [0.29, 0.717) is 22.7 Å². The van der Waals surface area contributed by atoms with Crippen LogP contribution in [0.2, 0.25) is 0 Å². The lowest BCUT2D eigenvalue weighted by atomic mass is 9.80. The maximum atomic E-state index is 12.8. The first-order valence-electron chi connectivity index (χ1n) is 8.31. The summed E-state index contributed by atoms with van der Waals surface area (Å²) in [4.78, 5) is 15.0. The van der Waals surface area contributed by atoms with Crippen molar-refractivity contribution < 1.29 is 9.53 Å². The number of likely N-dealkylation sites (tertiary alicyclic amines) is 1. The Bertz CT molecular complexity index is 397. The number of amides is 1. The SMILES string of the molecule is O=C(C1CC12CCNCC2)N1CCC2(CCOCC2)C1. The third kappa shape index (κ3) is 2.08. The van der Waals surface area contributed by atoms with Gasteiger partial charge in [-0.05, 0) is 62.4 Å². The molecule has 4 rings (SSSR count). The van der Waals surface area contributed by atoms with Crippen LogP contribution < -0.4 is 5.32 Å². The molecule has 1 unspecified atom stereocenters. The van der Waals surface area contributed by atoms with Gasteiger partial charge in [0.15, 0.2) is 0 Å². The second kappa shape index (κ2) is 4.70. The molecule has 1 aliphatic carbocycles. The molecule has 0 aromatic carbocycles. The average molecular weight is 278 g/mol. The van der Waals surface area contributed by atoms with Crippen LogP contribution in [0, 0.1) is 16.7 Å². The van der Waals surface area contributed by atoms with Gasteiger partial charge < -0.3 is 15.0 Å². The van der Waals surface area contributed by atoms with Crippen molar-refractivity contribution >= 4 is 5.91 Å². The van der Waals surface area contributed by atoms with Gasteiger partial charge >= 0.3 is 0 Å². The number of piperidine rings is 1. The zero-order valence-electron chi connectivity index (χ0n) is 12.3. The monoisotopic (exact) mass is 278 g/mol. The van der Waals surface area contributed by atoms with Gasteiger partial charge in [-0.1, -0.05) is 0 Å². The van der Waals surface area contributed by atoms with Crippen LogP contribution in [-0.4, -0.2) is 50.2 Å². The number of ether oxygens (including phenoxy) is 1. The van der Waals surface area contributed by atoms with Crippen LogP contribution in [0.1, 0.15) is 38.5 Å². The van der Waals surface area contributed by atoms with Crippen molar-refractivity contribution in [1.82, 2.24) is 10.2 Å². The van der Waals surface area contributed by atoms with Gasteiger partial charge in [-0.3, -0.25) is 4.79 Å². The Morgan fingerprint density at radius 2 is 1.85 bits per heavy atom. The number of hydrogen-bond acceptors (Lipinski definition) is 3. The molecular formula is C16H26N2O2. The maximum absolute atomic E-state index is 12.8. The summed E-state index contributed by atoms with van der Waals surface area (Å²) in [6.07, 6.45) is 7.06. The second-order valence-corrected chi connectivity index (χ2v) is 7.49. The normalized spacial score (nSPS) is 34.6. The maximum Gasteiger partial charge on any atom is 0.226 e. The van der Waals surface area contributed by atoms with Crippen LogP contribution >= 0.6 is 0 Å². The fraction of sp³-hybridized carbons (Fsp3) is 0.938. The standard InChI is InChI=1S/C16H26N2O2/c19-14(13-11-16(13)1-6-17-7-2-16)18-8-3-15(12-18)4-9-20-10-5-15/h13,17H,1-12H2. The lowest BCUT2D eigenvalue weighted by Gasteiger charge is -2.33. The minimum Gasteiger partial charge on any atom is -0.381 e. The largest absolute Gasteiger partial charge is 0.381 e. The molecule has 3 saturated heterocycles. The first-order valence-corrected chi connectivity index (χ1v) is 8.31. The van der Waals surface area contributed by atoms with Gasteiger partial charge in [0.1, 0.15) is 0 Å². The first kappa shape index (κ1) is 13.1. The quantitative estimate of drug-likeness (QED) is 0.788. The van der Waals surface area contributed by atoms with E-state index < -0.39 is 0 Å². The van der Waals surface area contributed by atoms with Crippen LogP contribution in [0.15, 0.2) is 0 Å². The molecule has 20 heavy (non-hydrogen) atoms. The molecule has 1 N–H and O–H groups in total. The van der Waals surface area contributed by atoms with Gasteiger partial charge in [0, 0.05) is 32.2 Å². The van der Waals surface area contributed by atoms with Crippen molar-refractivity contribution in [3.05, 3.63) is 0 Å². The number of carbonyl (C=O) groups is 1. The zero-order valence-corrected chi connectivity index (χ0v) is 12.3. The molecule has 4 heteroatoms. The minimum atomic E-state index is 0.347. The molecule has 0 aromatic rings. The van der Waals surface area contributed by atoms with E-state index >= 15 is 0 Å². The van der Waals surface area contributed by atoms with Crippen molar-refractivity contribution in [2.45, 2.75) is 38.5 Å². The highest BCUT2D eigenvalue weighted by Crippen LogP contribution is 2.59.